The van der Waals surface area contributed by atoms with E-state index < -0.39 is 29.9 Å². The molecular weight excluding hydrogens is 540 g/mol. The van der Waals surface area contributed by atoms with E-state index in [2.05, 4.69) is 0 Å². The van der Waals surface area contributed by atoms with Gasteiger partial charge in [-0.1, -0.05) is 74.5 Å². The third-order valence-electron chi connectivity index (χ3n) is 7.89. The number of carbonyl (C=O) groups is 1. The van der Waals surface area contributed by atoms with E-state index in [0.29, 0.717) is 24.0 Å². The van der Waals surface area contributed by atoms with E-state index in [1.54, 1.807) is 12.1 Å². The van der Waals surface area contributed by atoms with Gasteiger partial charge in [-0.15, -0.1) is 0 Å². The first-order valence-corrected chi connectivity index (χ1v) is 13.9. The third kappa shape index (κ3) is 7.79. The maximum atomic E-state index is 14.0. The summed E-state index contributed by atoms with van der Waals surface area (Å²) in [4.78, 5) is 14.2. The SMILES string of the molecule is CC(=O)C(CC(C)C)c1cc(-c2ccc(C(F)(F)F)cc2)cc(C2CCC(C(F)(F)F)N(Cc3ccccc3)C2)c1. The summed E-state index contributed by atoms with van der Waals surface area (Å²) in [5.74, 6) is -0.474. The lowest BCUT2D eigenvalue weighted by molar-refractivity contribution is -0.194. The van der Waals surface area contributed by atoms with Gasteiger partial charge in [0.05, 0.1) is 5.56 Å². The highest BCUT2D eigenvalue weighted by Gasteiger charge is 2.46. The minimum atomic E-state index is -4.47. The fraction of sp³-hybridized carbons (Fsp3) is 0.424. The van der Waals surface area contributed by atoms with Crippen LogP contribution < -0.4 is 0 Å². The molecule has 3 atom stereocenters. The van der Waals surface area contributed by atoms with Crippen LogP contribution in [0.3, 0.4) is 0 Å². The zero-order valence-electron chi connectivity index (χ0n) is 23.4. The number of piperidine rings is 1. The second-order valence-electron chi connectivity index (χ2n) is 11.5. The van der Waals surface area contributed by atoms with Crippen molar-refractivity contribution in [2.24, 2.45) is 5.92 Å². The number of Topliss-reactive ketones (excluding diaryl/α,β-unsaturated/α-hetero) is 1. The van der Waals surface area contributed by atoms with Crippen LogP contribution >= 0.6 is 0 Å². The van der Waals surface area contributed by atoms with Gasteiger partial charge in [-0.2, -0.15) is 26.3 Å². The van der Waals surface area contributed by atoms with E-state index in [-0.39, 0.29) is 37.1 Å². The molecule has 0 spiro atoms. The molecule has 3 unspecified atom stereocenters. The molecule has 0 aliphatic carbocycles. The van der Waals surface area contributed by atoms with Crippen LogP contribution in [0.5, 0.6) is 0 Å². The lowest BCUT2D eigenvalue weighted by Crippen LogP contribution is -2.50. The van der Waals surface area contributed by atoms with Crippen molar-refractivity contribution in [3.63, 3.8) is 0 Å². The van der Waals surface area contributed by atoms with E-state index in [9.17, 15) is 31.1 Å². The molecule has 0 aromatic heterocycles. The van der Waals surface area contributed by atoms with Crippen LogP contribution in [0, 0.1) is 5.92 Å². The Bertz CT molecular complexity index is 1310. The predicted molar refractivity (Wildman–Crippen MR) is 148 cm³/mol. The minimum absolute atomic E-state index is 0.0271. The number of hydrogen-bond acceptors (Lipinski definition) is 2. The van der Waals surface area contributed by atoms with Crippen molar-refractivity contribution in [3.8, 4) is 11.1 Å². The fourth-order valence-electron chi connectivity index (χ4n) is 5.82. The van der Waals surface area contributed by atoms with Gasteiger partial charge in [-0.3, -0.25) is 9.69 Å². The number of ketones is 1. The number of nitrogens with zero attached hydrogens (tertiary/aromatic N) is 1. The van der Waals surface area contributed by atoms with E-state index in [0.717, 1.165) is 28.8 Å². The first kappa shape index (κ1) is 30.8. The number of halogens is 6. The molecule has 1 fully saturated rings. The summed E-state index contributed by atoms with van der Waals surface area (Å²) in [5, 5.41) is 0. The number of hydrogen-bond donors (Lipinski definition) is 0. The Hall–Kier alpha value is -3.13. The average molecular weight is 576 g/mol. The summed E-state index contributed by atoms with van der Waals surface area (Å²) in [7, 11) is 0. The van der Waals surface area contributed by atoms with Crippen molar-refractivity contribution in [2.75, 3.05) is 6.54 Å². The molecule has 0 amide bonds. The van der Waals surface area contributed by atoms with Crippen LogP contribution in [0.1, 0.15) is 74.1 Å². The molecule has 0 radical (unpaired) electrons. The molecule has 2 nitrogen and oxygen atoms in total. The summed E-state index contributed by atoms with van der Waals surface area (Å²) < 4.78 is 81.7. The van der Waals surface area contributed by atoms with Gasteiger partial charge in [0, 0.05) is 19.0 Å². The highest BCUT2D eigenvalue weighted by molar-refractivity contribution is 5.84. The number of alkyl halides is 6. The summed E-state index contributed by atoms with van der Waals surface area (Å²) in [5.41, 5.74) is 2.76. The fourth-order valence-corrected chi connectivity index (χ4v) is 5.82. The quantitative estimate of drug-likeness (QED) is 0.250. The van der Waals surface area contributed by atoms with Crippen LogP contribution in [0.25, 0.3) is 11.1 Å². The molecule has 3 aromatic rings. The summed E-state index contributed by atoms with van der Waals surface area (Å²) in [6.45, 7) is 5.86. The Morgan fingerprint density at radius 1 is 0.878 bits per heavy atom. The van der Waals surface area contributed by atoms with Crippen molar-refractivity contribution in [1.29, 1.82) is 0 Å². The zero-order chi connectivity index (χ0) is 29.9. The summed E-state index contributed by atoms with van der Waals surface area (Å²) in [6.07, 6.45) is -8.01. The molecule has 8 heteroatoms. The average Bonchev–Trinajstić information content (AvgIpc) is 2.91. The zero-order valence-corrected chi connectivity index (χ0v) is 23.4. The van der Waals surface area contributed by atoms with Crippen LogP contribution in [-0.4, -0.2) is 29.4 Å². The second kappa shape index (κ2) is 12.4. The van der Waals surface area contributed by atoms with Crippen LogP contribution in [0.15, 0.2) is 72.8 Å². The standard InChI is InChI=1S/C33H35F6NO/c1-21(2)15-30(22(3)41)28-17-26(24-9-12-29(13-10-24)32(34,35)36)16-27(18-28)25-11-14-31(33(37,38)39)40(20-25)19-23-7-5-4-6-8-23/h4-10,12-13,16-18,21,25,30-31H,11,14-15,19-20H2,1-3H3. The molecule has 3 aromatic carbocycles. The van der Waals surface area contributed by atoms with Crippen molar-refractivity contribution < 1.29 is 31.1 Å². The van der Waals surface area contributed by atoms with Gasteiger partial charge in [0.2, 0.25) is 0 Å². The molecule has 0 bridgehead atoms. The van der Waals surface area contributed by atoms with E-state index in [4.69, 9.17) is 0 Å². The smallest absolute Gasteiger partial charge is 0.299 e. The Kier molecular flexibility index (Phi) is 9.32. The van der Waals surface area contributed by atoms with Gasteiger partial charge in [0.25, 0.3) is 0 Å². The maximum absolute atomic E-state index is 14.0. The van der Waals surface area contributed by atoms with Gasteiger partial charge in [0.1, 0.15) is 11.8 Å². The maximum Gasteiger partial charge on any atom is 0.416 e. The van der Waals surface area contributed by atoms with Crippen molar-refractivity contribution in [1.82, 2.24) is 4.90 Å². The Labute approximate surface area is 237 Å². The predicted octanol–water partition coefficient (Wildman–Crippen LogP) is 9.40. The number of benzene rings is 3. The van der Waals surface area contributed by atoms with Gasteiger partial charge in [-0.05, 0) is 78.0 Å². The topological polar surface area (TPSA) is 20.3 Å². The minimum Gasteiger partial charge on any atom is -0.299 e. The first-order chi connectivity index (χ1) is 19.2. The molecule has 1 aliphatic rings. The highest BCUT2D eigenvalue weighted by Crippen LogP contribution is 2.41. The molecule has 1 saturated heterocycles. The number of likely N-dealkylation sites (tertiary alicyclic amines) is 1. The van der Waals surface area contributed by atoms with Crippen LogP contribution in [0.2, 0.25) is 0 Å². The number of rotatable bonds is 8. The monoisotopic (exact) mass is 575 g/mol. The Morgan fingerprint density at radius 3 is 2.10 bits per heavy atom. The summed E-state index contributed by atoms with van der Waals surface area (Å²) in [6, 6.07) is 17.9. The van der Waals surface area contributed by atoms with E-state index in [1.807, 2.05) is 50.2 Å². The summed E-state index contributed by atoms with van der Waals surface area (Å²) >= 11 is 0. The van der Waals surface area contributed by atoms with E-state index in [1.165, 1.54) is 24.0 Å². The third-order valence-corrected chi connectivity index (χ3v) is 7.89. The normalized spacial score (nSPS) is 19.4. The molecule has 220 valence electrons. The second-order valence-corrected chi connectivity index (χ2v) is 11.5. The molecule has 41 heavy (non-hydrogen) atoms. The Morgan fingerprint density at radius 2 is 1.54 bits per heavy atom. The van der Waals surface area contributed by atoms with Gasteiger partial charge >= 0.3 is 12.4 Å². The lowest BCUT2D eigenvalue weighted by atomic mass is 9.81. The molecule has 1 aliphatic heterocycles. The molecular formula is C33H35F6NO. The largest absolute Gasteiger partial charge is 0.416 e. The van der Waals surface area contributed by atoms with Crippen molar-refractivity contribution >= 4 is 5.78 Å². The van der Waals surface area contributed by atoms with Crippen molar-refractivity contribution in [2.45, 2.75) is 76.8 Å². The Balaban J connectivity index is 1.75. The van der Waals surface area contributed by atoms with Crippen LogP contribution in [-0.2, 0) is 17.5 Å². The van der Waals surface area contributed by atoms with Gasteiger partial charge < -0.3 is 0 Å². The van der Waals surface area contributed by atoms with Gasteiger partial charge in [0.15, 0.2) is 0 Å². The van der Waals surface area contributed by atoms with Crippen LogP contribution in [0.4, 0.5) is 26.3 Å². The molecule has 4 rings (SSSR count). The first-order valence-electron chi connectivity index (χ1n) is 13.9. The lowest BCUT2D eigenvalue weighted by Gasteiger charge is -2.41. The van der Waals surface area contributed by atoms with Gasteiger partial charge in [-0.25, -0.2) is 0 Å². The molecule has 1 heterocycles. The van der Waals surface area contributed by atoms with E-state index >= 15 is 0 Å². The highest BCUT2D eigenvalue weighted by atomic mass is 19.4. The number of carbonyl (C=O) groups excluding carboxylic acids is 1. The molecule has 0 saturated carbocycles. The molecule has 0 N–H and O–H groups in total. The van der Waals surface area contributed by atoms with Crippen molar-refractivity contribution in [3.05, 3.63) is 95.1 Å².